The summed E-state index contributed by atoms with van der Waals surface area (Å²) in [7, 11) is 0. The van der Waals surface area contributed by atoms with Gasteiger partial charge < -0.3 is 0 Å². The first-order valence-corrected chi connectivity index (χ1v) is 12.3. The number of benzene rings is 3. The van der Waals surface area contributed by atoms with Crippen LogP contribution in [-0.2, 0) is 0 Å². The van der Waals surface area contributed by atoms with Gasteiger partial charge >= 0.3 is 5.69 Å². The molecule has 0 N–H and O–H groups in total. The highest BCUT2D eigenvalue weighted by atomic mass is 35.5. The maximum absolute atomic E-state index is 11.9. The summed E-state index contributed by atoms with van der Waals surface area (Å²) >= 11 is 7.57. The van der Waals surface area contributed by atoms with Crippen LogP contribution in [0.5, 0.6) is 0 Å². The van der Waals surface area contributed by atoms with Crippen molar-refractivity contribution >= 4 is 46.3 Å². The molecular formula is C24H16ClN7O4S. The van der Waals surface area contributed by atoms with Crippen LogP contribution in [0.4, 0.5) is 17.1 Å². The van der Waals surface area contributed by atoms with E-state index in [4.69, 9.17) is 26.8 Å². The van der Waals surface area contributed by atoms with Crippen molar-refractivity contribution in [3.8, 4) is 11.4 Å². The Labute approximate surface area is 218 Å². The molecule has 2 aliphatic rings. The smallest absolute Gasteiger partial charge is 0.258 e. The van der Waals surface area contributed by atoms with E-state index in [1.54, 1.807) is 16.8 Å². The Morgan fingerprint density at radius 2 is 1.78 bits per heavy atom. The minimum Gasteiger partial charge on any atom is -0.258 e. The molecule has 0 bridgehead atoms. The molecule has 13 heteroatoms. The van der Waals surface area contributed by atoms with E-state index < -0.39 is 21.6 Å². The number of hydrogen-bond donors (Lipinski definition) is 0. The van der Waals surface area contributed by atoms with E-state index in [0.29, 0.717) is 21.8 Å². The SMILES string of the molecule is Cc1cccc(-c2nc3n(n2)C2=NN(c4ccc([N+](=O)[O-])cc4[N+](=O)[O-])C(c4ccc(Cl)cc4)C2S3)c1. The van der Waals surface area contributed by atoms with E-state index in [2.05, 4.69) is 0 Å². The maximum Gasteiger partial charge on any atom is 0.301 e. The first kappa shape index (κ1) is 23.1. The van der Waals surface area contributed by atoms with Crippen LogP contribution >= 0.6 is 23.4 Å². The van der Waals surface area contributed by atoms with Crippen LogP contribution in [0, 0.1) is 27.2 Å². The second-order valence-electron chi connectivity index (χ2n) is 8.52. The molecule has 0 amide bonds. The molecule has 2 aliphatic heterocycles. The number of halogens is 1. The normalized spacial score (nSPS) is 17.9. The van der Waals surface area contributed by atoms with Gasteiger partial charge in [-0.3, -0.25) is 20.2 Å². The van der Waals surface area contributed by atoms with Crippen LogP contribution in [0.2, 0.25) is 5.02 Å². The molecule has 6 rings (SSSR count). The van der Waals surface area contributed by atoms with Crippen LogP contribution in [0.3, 0.4) is 0 Å². The summed E-state index contributed by atoms with van der Waals surface area (Å²) in [5.74, 6) is 1.12. The number of nitro groups is 2. The standard InChI is InChI=1S/C24H16ClN7O4S/c1-13-3-2-4-15(11-13)22-26-24-30(27-22)23-21(37-24)20(14-5-7-16(25)8-6-14)29(28-23)18-10-9-17(31(33)34)12-19(18)32(35)36/h2-12,20-21H,1H3. The van der Waals surface area contributed by atoms with Gasteiger partial charge in [-0.05, 0) is 36.8 Å². The molecule has 11 nitrogen and oxygen atoms in total. The average molecular weight is 534 g/mol. The molecule has 37 heavy (non-hydrogen) atoms. The van der Waals surface area contributed by atoms with Crippen LogP contribution in [0.25, 0.3) is 11.4 Å². The lowest BCUT2D eigenvalue weighted by atomic mass is 10.0. The highest BCUT2D eigenvalue weighted by molar-refractivity contribution is 8.01. The van der Waals surface area contributed by atoms with Gasteiger partial charge in [0.25, 0.3) is 5.69 Å². The third-order valence-electron chi connectivity index (χ3n) is 6.14. The Balaban J connectivity index is 1.48. The molecule has 2 unspecified atom stereocenters. The minimum absolute atomic E-state index is 0.138. The Morgan fingerprint density at radius 3 is 2.49 bits per heavy atom. The lowest BCUT2D eigenvalue weighted by Gasteiger charge is -2.26. The molecule has 0 saturated heterocycles. The van der Waals surface area contributed by atoms with E-state index >= 15 is 0 Å². The molecule has 0 radical (unpaired) electrons. The van der Waals surface area contributed by atoms with Gasteiger partial charge in [-0.1, -0.05) is 59.3 Å². The topological polar surface area (TPSA) is 133 Å². The molecule has 3 heterocycles. The van der Waals surface area contributed by atoms with Crippen molar-refractivity contribution in [2.75, 3.05) is 5.01 Å². The summed E-state index contributed by atoms with van der Waals surface area (Å²) in [5, 5.41) is 35.1. The summed E-state index contributed by atoms with van der Waals surface area (Å²) in [6.07, 6.45) is 0. The zero-order valence-corrected chi connectivity index (χ0v) is 20.6. The first-order chi connectivity index (χ1) is 17.8. The molecule has 1 aromatic heterocycles. The number of aryl methyl sites for hydroxylation is 1. The van der Waals surface area contributed by atoms with Crippen molar-refractivity contribution in [3.63, 3.8) is 0 Å². The lowest BCUT2D eigenvalue weighted by molar-refractivity contribution is -0.393. The molecule has 0 spiro atoms. The fourth-order valence-corrected chi connectivity index (χ4v) is 5.85. The van der Waals surface area contributed by atoms with E-state index in [-0.39, 0.29) is 16.6 Å². The highest BCUT2D eigenvalue weighted by Crippen LogP contribution is 2.49. The number of aromatic nitrogens is 3. The fraction of sp³-hybridized carbons (Fsp3) is 0.125. The van der Waals surface area contributed by atoms with Gasteiger partial charge in [0.15, 0.2) is 16.8 Å². The number of nitro benzene ring substituents is 2. The number of hydrogen-bond acceptors (Lipinski definition) is 9. The van der Waals surface area contributed by atoms with Crippen molar-refractivity contribution in [3.05, 3.63) is 103 Å². The van der Waals surface area contributed by atoms with Gasteiger partial charge in [0.2, 0.25) is 0 Å². The third-order valence-corrected chi connectivity index (χ3v) is 7.59. The number of nitrogens with zero attached hydrogens (tertiary/aromatic N) is 7. The zero-order valence-electron chi connectivity index (χ0n) is 19.1. The summed E-state index contributed by atoms with van der Waals surface area (Å²) < 4.78 is 1.66. The van der Waals surface area contributed by atoms with Crippen LogP contribution < -0.4 is 5.01 Å². The van der Waals surface area contributed by atoms with Crippen molar-refractivity contribution in [1.82, 2.24) is 14.8 Å². The Morgan fingerprint density at radius 1 is 1.00 bits per heavy atom. The fourth-order valence-electron chi connectivity index (χ4n) is 4.47. The number of non-ortho nitro benzene ring substituents is 1. The number of thioether (sulfide) groups is 1. The quantitative estimate of drug-likeness (QED) is 0.238. The van der Waals surface area contributed by atoms with Gasteiger partial charge in [0.05, 0.1) is 22.0 Å². The van der Waals surface area contributed by atoms with Crippen LogP contribution in [0.15, 0.2) is 77.0 Å². The third kappa shape index (κ3) is 3.90. The second-order valence-corrected chi connectivity index (χ2v) is 10.1. The lowest BCUT2D eigenvalue weighted by Crippen LogP contribution is -2.27. The molecule has 0 saturated carbocycles. The largest absolute Gasteiger partial charge is 0.301 e. The second kappa shape index (κ2) is 8.68. The molecule has 2 atom stereocenters. The molecule has 3 aromatic carbocycles. The summed E-state index contributed by atoms with van der Waals surface area (Å²) in [4.78, 5) is 26.6. The number of rotatable bonds is 5. The number of anilines is 1. The van der Waals surface area contributed by atoms with Crippen molar-refractivity contribution < 1.29 is 9.85 Å². The molecular weight excluding hydrogens is 518 g/mol. The predicted octanol–water partition coefficient (Wildman–Crippen LogP) is 5.62. The van der Waals surface area contributed by atoms with Crippen LogP contribution in [0.1, 0.15) is 17.2 Å². The predicted molar refractivity (Wildman–Crippen MR) is 139 cm³/mol. The Hall–Kier alpha value is -4.29. The Bertz CT molecular complexity index is 1620. The monoisotopic (exact) mass is 533 g/mol. The van der Waals surface area contributed by atoms with Gasteiger partial charge in [0, 0.05) is 16.7 Å². The van der Waals surface area contributed by atoms with Gasteiger partial charge in [0.1, 0.15) is 10.9 Å². The summed E-state index contributed by atoms with van der Waals surface area (Å²) in [6.45, 7) is 1.99. The van der Waals surface area contributed by atoms with E-state index in [1.807, 2.05) is 43.3 Å². The first-order valence-electron chi connectivity index (χ1n) is 11.1. The number of fused-ring (bicyclic) bond motifs is 3. The number of hydrazone groups is 1. The van der Waals surface area contributed by atoms with Gasteiger partial charge in [-0.15, -0.1) is 5.10 Å². The molecule has 0 aliphatic carbocycles. The van der Waals surface area contributed by atoms with E-state index in [0.717, 1.165) is 22.8 Å². The van der Waals surface area contributed by atoms with Crippen LogP contribution in [-0.4, -0.2) is 35.7 Å². The highest BCUT2D eigenvalue weighted by Gasteiger charge is 2.48. The summed E-state index contributed by atoms with van der Waals surface area (Å²) in [5.41, 5.74) is 2.12. The molecule has 184 valence electrons. The van der Waals surface area contributed by atoms with E-state index in [9.17, 15) is 20.2 Å². The van der Waals surface area contributed by atoms with Crippen molar-refractivity contribution in [2.24, 2.45) is 5.10 Å². The minimum atomic E-state index is -0.664. The molecule has 0 fully saturated rings. The van der Waals surface area contributed by atoms with E-state index in [1.165, 1.54) is 28.9 Å². The zero-order chi connectivity index (χ0) is 25.8. The van der Waals surface area contributed by atoms with Gasteiger partial charge in [-0.25, -0.2) is 9.99 Å². The average Bonchev–Trinajstić information content (AvgIpc) is 3.54. The van der Waals surface area contributed by atoms with Crippen molar-refractivity contribution in [1.29, 1.82) is 0 Å². The molecule has 4 aromatic rings. The van der Waals surface area contributed by atoms with Gasteiger partial charge in [-0.2, -0.15) is 9.78 Å². The maximum atomic E-state index is 11.9. The van der Waals surface area contributed by atoms with Crippen molar-refractivity contribution in [2.45, 2.75) is 23.4 Å². The summed E-state index contributed by atoms with van der Waals surface area (Å²) in [6, 6.07) is 18.1. The Kier molecular flexibility index (Phi) is 5.42.